The summed E-state index contributed by atoms with van der Waals surface area (Å²) in [4.78, 5) is 14.3. The molecule has 1 N–H and O–H groups in total. The Bertz CT molecular complexity index is 513. The van der Waals surface area contributed by atoms with Gasteiger partial charge < -0.3 is 15.0 Å². The van der Waals surface area contributed by atoms with E-state index in [2.05, 4.69) is 10.1 Å². The smallest absolute Gasteiger partial charge is 0.387 e. The first kappa shape index (κ1) is 14.3. The van der Waals surface area contributed by atoms with E-state index in [-0.39, 0.29) is 17.1 Å². The van der Waals surface area contributed by atoms with Crippen LogP contribution in [0.15, 0.2) is 24.3 Å². The zero-order chi connectivity index (χ0) is 14.9. The first-order valence-electron chi connectivity index (χ1n) is 7.13. The molecule has 0 radical (unpaired) electrons. The second kappa shape index (κ2) is 5.60. The molecule has 2 aliphatic heterocycles. The van der Waals surface area contributed by atoms with E-state index in [1.807, 2.05) is 4.90 Å². The number of hydrogen-bond donors (Lipinski definition) is 1. The molecule has 114 valence electrons. The van der Waals surface area contributed by atoms with E-state index < -0.39 is 6.61 Å². The molecule has 1 aromatic carbocycles. The highest BCUT2D eigenvalue weighted by Gasteiger charge is 2.41. The predicted octanol–water partition coefficient (Wildman–Crippen LogP) is 2.11. The van der Waals surface area contributed by atoms with E-state index in [0.717, 1.165) is 39.0 Å². The van der Waals surface area contributed by atoms with E-state index in [1.54, 1.807) is 0 Å². The molecule has 1 unspecified atom stereocenters. The van der Waals surface area contributed by atoms with Gasteiger partial charge in [-0.2, -0.15) is 8.78 Å². The summed E-state index contributed by atoms with van der Waals surface area (Å²) in [5.74, 6) is 0.0295. The fraction of sp³-hybridized carbons (Fsp3) is 0.533. The number of carbonyl (C=O) groups excluding carboxylic acids is 1. The Balaban J connectivity index is 1.65. The van der Waals surface area contributed by atoms with E-state index in [0.29, 0.717) is 5.56 Å². The molecule has 2 heterocycles. The van der Waals surface area contributed by atoms with Crippen LogP contribution in [0.1, 0.15) is 23.2 Å². The molecule has 2 aliphatic rings. The van der Waals surface area contributed by atoms with Gasteiger partial charge in [-0.15, -0.1) is 0 Å². The Labute approximate surface area is 122 Å². The zero-order valence-electron chi connectivity index (χ0n) is 11.6. The molecule has 1 aromatic rings. The molecule has 0 saturated carbocycles. The maximum absolute atomic E-state index is 12.4. The minimum atomic E-state index is -2.85. The minimum absolute atomic E-state index is 0.0395. The van der Waals surface area contributed by atoms with Gasteiger partial charge in [-0.1, -0.05) is 0 Å². The Hall–Kier alpha value is -1.69. The number of carbonyl (C=O) groups is 1. The van der Waals surface area contributed by atoms with Gasteiger partial charge in [0.15, 0.2) is 0 Å². The van der Waals surface area contributed by atoms with Crippen molar-refractivity contribution in [2.24, 2.45) is 5.41 Å². The molecular formula is C15H18F2N2O2. The summed E-state index contributed by atoms with van der Waals surface area (Å²) >= 11 is 0. The highest BCUT2D eigenvalue weighted by atomic mass is 19.3. The highest BCUT2D eigenvalue weighted by Crippen LogP contribution is 2.36. The minimum Gasteiger partial charge on any atom is -0.435 e. The van der Waals surface area contributed by atoms with Crippen molar-refractivity contribution in [2.75, 3.05) is 26.2 Å². The Kier molecular flexibility index (Phi) is 3.80. The average Bonchev–Trinajstić information content (AvgIpc) is 3.09. The number of nitrogens with zero attached hydrogens (tertiary/aromatic N) is 1. The van der Waals surface area contributed by atoms with Crippen molar-refractivity contribution in [3.05, 3.63) is 29.8 Å². The first-order chi connectivity index (χ1) is 10.1. The lowest BCUT2D eigenvalue weighted by Crippen LogP contribution is -2.33. The lowest BCUT2D eigenvalue weighted by Gasteiger charge is -2.22. The summed E-state index contributed by atoms with van der Waals surface area (Å²) in [7, 11) is 0. The molecule has 21 heavy (non-hydrogen) atoms. The third-order valence-corrected chi connectivity index (χ3v) is 4.38. The van der Waals surface area contributed by atoms with Crippen molar-refractivity contribution in [3.8, 4) is 5.75 Å². The average molecular weight is 296 g/mol. The van der Waals surface area contributed by atoms with Gasteiger partial charge in [-0.25, -0.2) is 0 Å². The normalized spacial score (nSPS) is 25.0. The molecule has 4 nitrogen and oxygen atoms in total. The molecule has 1 amide bonds. The number of halogens is 2. The molecule has 6 heteroatoms. The molecule has 1 atom stereocenters. The van der Waals surface area contributed by atoms with Gasteiger partial charge in [0, 0.05) is 30.6 Å². The van der Waals surface area contributed by atoms with E-state index in [9.17, 15) is 13.6 Å². The van der Waals surface area contributed by atoms with E-state index >= 15 is 0 Å². The number of alkyl halides is 2. The standard InChI is InChI=1S/C15H18F2N2O2/c16-14(17)21-12-3-1-11(2-4-12)13(20)19-8-6-15(10-19)5-7-18-9-15/h1-4,14,18H,5-10H2. The van der Waals surface area contributed by atoms with Crippen LogP contribution in [0, 0.1) is 5.41 Å². The van der Waals surface area contributed by atoms with Crippen molar-refractivity contribution in [2.45, 2.75) is 19.5 Å². The van der Waals surface area contributed by atoms with Crippen LogP contribution >= 0.6 is 0 Å². The van der Waals surface area contributed by atoms with Crippen molar-refractivity contribution < 1.29 is 18.3 Å². The van der Waals surface area contributed by atoms with Crippen molar-refractivity contribution in [1.29, 1.82) is 0 Å². The van der Waals surface area contributed by atoms with Crippen LogP contribution in [-0.4, -0.2) is 43.6 Å². The largest absolute Gasteiger partial charge is 0.435 e. The van der Waals surface area contributed by atoms with Crippen molar-refractivity contribution in [3.63, 3.8) is 0 Å². The number of nitrogens with one attached hydrogen (secondary N) is 1. The third kappa shape index (κ3) is 3.00. The van der Waals surface area contributed by atoms with Crippen molar-refractivity contribution in [1.82, 2.24) is 10.2 Å². The van der Waals surface area contributed by atoms with Gasteiger partial charge in [-0.05, 0) is 43.7 Å². The monoisotopic (exact) mass is 296 g/mol. The molecule has 0 aliphatic carbocycles. The molecule has 1 spiro atoms. The molecule has 2 saturated heterocycles. The van der Waals surface area contributed by atoms with Crippen molar-refractivity contribution >= 4 is 5.91 Å². The summed E-state index contributed by atoms with van der Waals surface area (Å²) in [6, 6.07) is 5.89. The fourth-order valence-corrected chi connectivity index (χ4v) is 3.21. The molecule has 0 bridgehead atoms. The Morgan fingerprint density at radius 3 is 2.67 bits per heavy atom. The van der Waals surface area contributed by atoms with Gasteiger partial charge in [0.25, 0.3) is 5.91 Å². The van der Waals surface area contributed by atoms with E-state index in [1.165, 1.54) is 24.3 Å². The molecule has 0 aromatic heterocycles. The number of likely N-dealkylation sites (tertiary alicyclic amines) is 1. The van der Waals surface area contributed by atoms with Crippen LogP contribution in [0.25, 0.3) is 0 Å². The van der Waals surface area contributed by atoms with Crippen LogP contribution in [0.4, 0.5) is 8.78 Å². The van der Waals surface area contributed by atoms with Gasteiger partial charge in [0.1, 0.15) is 5.75 Å². The fourth-order valence-electron chi connectivity index (χ4n) is 3.21. The SMILES string of the molecule is O=C(c1ccc(OC(F)F)cc1)N1CCC2(CCNC2)C1. The first-order valence-corrected chi connectivity index (χ1v) is 7.13. The van der Waals surface area contributed by atoms with Gasteiger partial charge in [-0.3, -0.25) is 4.79 Å². The number of ether oxygens (including phenoxy) is 1. The Morgan fingerprint density at radius 2 is 2.05 bits per heavy atom. The zero-order valence-corrected chi connectivity index (χ0v) is 11.6. The highest BCUT2D eigenvalue weighted by molar-refractivity contribution is 5.94. The molecule has 3 rings (SSSR count). The summed E-state index contributed by atoms with van der Waals surface area (Å²) in [5, 5.41) is 3.35. The predicted molar refractivity (Wildman–Crippen MR) is 73.5 cm³/mol. The number of benzene rings is 1. The lowest BCUT2D eigenvalue weighted by atomic mass is 9.86. The third-order valence-electron chi connectivity index (χ3n) is 4.38. The molecule has 2 fully saturated rings. The summed E-state index contributed by atoms with van der Waals surface area (Å²) in [6.07, 6.45) is 2.14. The lowest BCUT2D eigenvalue weighted by molar-refractivity contribution is -0.0498. The van der Waals surface area contributed by atoms with Crippen LogP contribution in [0.3, 0.4) is 0 Å². The number of rotatable bonds is 3. The maximum Gasteiger partial charge on any atom is 0.387 e. The summed E-state index contributed by atoms with van der Waals surface area (Å²) in [6.45, 7) is 0.670. The van der Waals surface area contributed by atoms with E-state index in [4.69, 9.17) is 0 Å². The topological polar surface area (TPSA) is 41.6 Å². The maximum atomic E-state index is 12.4. The van der Waals surface area contributed by atoms with Gasteiger partial charge in [0.05, 0.1) is 0 Å². The van der Waals surface area contributed by atoms with Gasteiger partial charge >= 0.3 is 6.61 Å². The second-order valence-electron chi connectivity index (χ2n) is 5.81. The van der Waals surface area contributed by atoms with Gasteiger partial charge in [0.2, 0.25) is 0 Å². The van der Waals surface area contributed by atoms with Crippen LogP contribution in [-0.2, 0) is 0 Å². The summed E-state index contributed by atoms with van der Waals surface area (Å²) < 4.78 is 28.5. The number of hydrogen-bond acceptors (Lipinski definition) is 3. The Morgan fingerprint density at radius 1 is 1.29 bits per heavy atom. The van der Waals surface area contributed by atoms with Crippen LogP contribution in [0.5, 0.6) is 5.75 Å². The van der Waals surface area contributed by atoms with Crippen LogP contribution in [0.2, 0.25) is 0 Å². The second-order valence-corrected chi connectivity index (χ2v) is 5.81. The molecular weight excluding hydrogens is 278 g/mol. The quantitative estimate of drug-likeness (QED) is 0.929. The number of amides is 1. The van der Waals surface area contributed by atoms with Crippen LogP contribution < -0.4 is 10.1 Å². The summed E-state index contributed by atoms with van der Waals surface area (Å²) in [5.41, 5.74) is 0.744.